The van der Waals surface area contributed by atoms with E-state index in [1.165, 1.54) is 39.0 Å². The molecule has 94 valence electrons. The molecule has 2 N–H and O–H groups in total. The van der Waals surface area contributed by atoms with Crippen molar-refractivity contribution in [2.75, 3.05) is 46.3 Å². The van der Waals surface area contributed by atoms with Gasteiger partial charge < -0.3 is 15.4 Å². The summed E-state index contributed by atoms with van der Waals surface area (Å²) in [5.74, 6) is 0. The van der Waals surface area contributed by atoms with Crippen molar-refractivity contribution in [2.45, 2.75) is 31.5 Å². The Morgan fingerprint density at radius 3 is 2.69 bits per heavy atom. The molecular formula is C12H25N3O. The first kappa shape index (κ1) is 12.3. The number of nitrogens with zero attached hydrogens (tertiary/aromatic N) is 2. The van der Waals surface area contributed by atoms with Crippen molar-refractivity contribution in [3.8, 4) is 0 Å². The molecule has 16 heavy (non-hydrogen) atoms. The Balaban J connectivity index is 1.72. The quantitative estimate of drug-likeness (QED) is 0.744. The van der Waals surface area contributed by atoms with Gasteiger partial charge in [0.2, 0.25) is 0 Å². The lowest BCUT2D eigenvalue weighted by atomic mass is 10.2. The Morgan fingerprint density at radius 2 is 1.94 bits per heavy atom. The third kappa shape index (κ3) is 3.42. The van der Waals surface area contributed by atoms with Crippen LogP contribution in [0.3, 0.4) is 0 Å². The van der Waals surface area contributed by atoms with Gasteiger partial charge in [-0.25, -0.2) is 0 Å². The molecule has 0 aromatic carbocycles. The van der Waals surface area contributed by atoms with E-state index in [0.29, 0.717) is 18.8 Å². The van der Waals surface area contributed by atoms with Gasteiger partial charge in [0, 0.05) is 26.2 Å². The summed E-state index contributed by atoms with van der Waals surface area (Å²) in [5, 5.41) is 0. The fourth-order valence-electron chi connectivity index (χ4n) is 2.66. The highest BCUT2D eigenvalue weighted by Crippen LogP contribution is 2.20. The van der Waals surface area contributed by atoms with Crippen LogP contribution < -0.4 is 5.73 Å². The van der Waals surface area contributed by atoms with Crippen molar-refractivity contribution in [1.29, 1.82) is 0 Å². The van der Waals surface area contributed by atoms with Crippen LogP contribution in [0.5, 0.6) is 0 Å². The molecule has 0 aliphatic carbocycles. The van der Waals surface area contributed by atoms with E-state index in [9.17, 15) is 0 Å². The monoisotopic (exact) mass is 227 g/mol. The van der Waals surface area contributed by atoms with E-state index in [0.717, 1.165) is 13.0 Å². The highest BCUT2D eigenvalue weighted by atomic mass is 16.5. The summed E-state index contributed by atoms with van der Waals surface area (Å²) >= 11 is 0. The van der Waals surface area contributed by atoms with Crippen LogP contribution in [0.15, 0.2) is 0 Å². The normalized spacial score (nSPS) is 34.1. The second kappa shape index (κ2) is 5.96. The molecule has 0 bridgehead atoms. The van der Waals surface area contributed by atoms with Crippen LogP contribution in [0.4, 0.5) is 0 Å². The number of likely N-dealkylation sites (N-methyl/N-ethyl adjacent to an activating group) is 1. The predicted molar refractivity (Wildman–Crippen MR) is 65.5 cm³/mol. The van der Waals surface area contributed by atoms with Crippen LogP contribution in [0, 0.1) is 0 Å². The molecule has 0 aromatic rings. The summed E-state index contributed by atoms with van der Waals surface area (Å²) in [6.45, 7) is 6.60. The summed E-state index contributed by atoms with van der Waals surface area (Å²) in [4.78, 5) is 4.96. The van der Waals surface area contributed by atoms with Gasteiger partial charge in [-0.1, -0.05) is 0 Å². The van der Waals surface area contributed by atoms with Crippen molar-refractivity contribution in [3.63, 3.8) is 0 Å². The lowest BCUT2D eigenvalue weighted by molar-refractivity contribution is 0.0279. The lowest BCUT2D eigenvalue weighted by Crippen LogP contribution is -2.35. The maximum Gasteiger partial charge on any atom is 0.0707 e. The van der Waals surface area contributed by atoms with Gasteiger partial charge in [0.25, 0.3) is 0 Å². The van der Waals surface area contributed by atoms with E-state index in [4.69, 9.17) is 10.5 Å². The van der Waals surface area contributed by atoms with Gasteiger partial charge in [-0.15, -0.1) is 0 Å². The zero-order valence-electron chi connectivity index (χ0n) is 10.4. The van der Waals surface area contributed by atoms with Gasteiger partial charge >= 0.3 is 0 Å². The molecule has 0 amide bonds. The molecule has 0 spiro atoms. The fraction of sp³-hybridized carbons (Fsp3) is 1.00. The van der Waals surface area contributed by atoms with Crippen molar-refractivity contribution in [1.82, 2.24) is 9.80 Å². The smallest absolute Gasteiger partial charge is 0.0707 e. The highest BCUT2D eigenvalue weighted by Gasteiger charge is 2.26. The standard InChI is InChI=1S/C12H25N3O/c1-14-5-2-6-15(8-7-14)10-12-4-3-11(9-13)16-12/h11-12H,2-10,13H2,1H3. The fourth-order valence-corrected chi connectivity index (χ4v) is 2.66. The Bertz CT molecular complexity index is 212. The summed E-state index contributed by atoms with van der Waals surface area (Å²) in [5.41, 5.74) is 5.63. The number of rotatable bonds is 3. The maximum absolute atomic E-state index is 5.90. The molecule has 0 radical (unpaired) electrons. The number of ether oxygens (including phenoxy) is 1. The van der Waals surface area contributed by atoms with E-state index in [1.54, 1.807) is 0 Å². The van der Waals surface area contributed by atoms with E-state index >= 15 is 0 Å². The minimum absolute atomic E-state index is 0.319. The topological polar surface area (TPSA) is 41.7 Å². The van der Waals surface area contributed by atoms with Crippen molar-refractivity contribution >= 4 is 0 Å². The Morgan fingerprint density at radius 1 is 1.12 bits per heavy atom. The third-order valence-corrected chi connectivity index (χ3v) is 3.73. The van der Waals surface area contributed by atoms with Gasteiger partial charge in [-0.3, -0.25) is 4.90 Å². The molecule has 0 aromatic heterocycles. The third-order valence-electron chi connectivity index (χ3n) is 3.73. The second-order valence-electron chi connectivity index (χ2n) is 5.15. The van der Waals surface area contributed by atoms with Crippen molar-refractivity contribution in [2.24, 2.45) is 5.73 Å². The van der Waals surface area contributed by atoms with Gasteiger partial charge in [-0.05, 0) is 39.4 Å². The zero-order valence-corrected chi connectivity index (χ0v) is 10.4. The van der Waals surface area contributed by atoms with Crippen LogP contribution in [-0.4, -0.2) is 68.3 Å². The van der Waals surface area contributed by atoms with E-state index in [-0.39, 0.29) is 0 Å². The first-order chi connectivity index (χ1) is 7.78. The molecule has 2 rings (SSSR count). The Kier molecular flexibility index (Phi) is 4.58. The minimum Gasteiger partial charge on any atom is -0.372 e. The molecule has 4 nitrogen and oxygen atoms in total. The average molecular weight is 227 g/mol. The highest BCUT2D eigenvalue weighted by molar-refractivity contribution is 4.78. The molecule has 4 heteroatoms. The maximum atomic E-state index is 5.90. The molecule has 2 aliphatic rings. The number of hydrogen-bond donors (Lipinski definition) is 1. The van der Waals surface area contributed by atoms with E-state index < -0.39 is 0 Å². The van der Waals surface area contributed by atoms with Gasteiger partial charge in [-0.2, -0.15) is 0 Å². The second-order valence-corrected chi connectivity index (χ2v) is 5.15. The molecule has 2 fully saturated rings. The number of nitrogens with two attached hydrogens (primary N) is 1. The number of hydrogen-bond acceptors (Lipinski definition) is 4. The van der Waals surface area contributed by atoms with Crippen LogP contribution in [0.25, 0.3) is 0 Å². The first-order valence-corrected chi connectivity index (χ1v) is 6.54. The van der Waals surface area contributed by atoms with E-state index in [1.807, 2.05) is 0 Å². The van der Waals surface area contributed by atoms with Crippen LogP contribution in [0.2, 0.25) is 0 Å². The summed E-state index contributed by atoms with van der Waals surface area (Å²) in [6.07, 6.45) is 4.36. The largest absolute Gasteiger partial charge is 0.372 e. The Labute approximate surface area is 98.7 Å². The van der Waals surface area contributed by atoms with Gasteiger partial charge in [0.1, 0.15) is 0 Å². The summed E-state index contributed by atoms with van der Waals surface area (Å²) < 4.78 is 5.90. The summed E-state index contributed by atoms with van der Waals surface area (Å²) in [7, 11) is 2.21. The Hall–Kier alpha value is -0.160. The van der Waals surface area contributed by atoms with Crippen LogP contribution in [-0.2, 0) is 4.74 Å². The SMILES string of the molecule is CN1CCCN(CC2CCC(CN)O2)CC1. The molecule has 2 saturated heterocycles. The van der Waals surface area contributed by atoms with Crippen molar-refractivity contribution in [3.05, 3.63) is 0 Å². The molecular weight excluding hydrogens is 202 g/mol. The lowest BCUT2D eigenvalue weighted by Gasteiger charge is -2.23. The molecule has 2 unspecified atom stereocenters. The van der Waals surface area contributed by atoms with Crippen molar-refractivity contribution < 1.29 is 4.74 Å². The molecule has 0 saturated carbocycles. The van der Waals surface area contributed by atoms with E-state index in [2.05, 4.69) is 16.8 Å². The zero-order chi connectivity index (χ0) is 11.4. The van der Waals surface area contributed by atoms with Crippen LogP contribution >= 0.6 is 0 Å². The average Bonchev–Trinajstić information content (AvgIpc) is 2.63. The minimum atomic E-state index is 0.319. The predicted octanol–water partition coefficient (Wildman–Crippen LogP) is 0.130. The first-order valence-electron chi connectivity index (χ1n) is 6.54. The molecule has 2 heterocycles. The van der Waals surface area contributed by atoms with Gasteiger partial charge in [0.15, 0.2) is 0 Å². The molecule has 2 atom stereocenters. The van der Waals surface area contributed by atoms with Crippen LogP contribution in [0.1, 0.15) is 19.3 Å². The van der Waals surface area contributed by atoms with Gasteiger partial charge in [0.05, 0.1) is 12.2 Å². The summed E-state index contributed by atoms with van der Waals surface area (Å²) in [6, 6.07) is 0. The molecule has 2 aliphatic heterocycles.